The Morgan fingerprint density at radius 1 is 1.20 bits per heavy atom. The molecule has 0 spiro atoms. The Labute approximate surface area is 109 Å². The lowest BCUT2D eigenvalue weighted by Gasteiger charge is -2.02. The summed E-state index contributed by atoms with van der Waals surface area (Å²) >= 11 is 16.3. The van der Waals surface area contributed by atoms with Crippen molar-refractivity contribution in [2.24, 2.45) is 0 Å². The summed E-state index contributed by atoms with van der Waals surface area (Å²) in [5, 5.41) is 12.5. The van der Waals surface area contributed by atoms with Gasteiger partial charge < -0.3 is 5.32 Å². The fourth-order valence-electron chi connectivity index (χ4n) is 0.953. The number of halogens is 3. The highest BCUT2D eigenvalue weighted by molar-refractivity contribution is 9.11. The topological polar surface area (TPSA) is 37.8 Å². The molecule has 1 aromatic carbocycles. The zero-order chi connectivity index (χ0) is 10.8. The van der Waals surface area contributed by atoms with Crippen molar-refractivity contribution < 1.29 is 0 Å². The van der Waals surface area contributed by atoms with Crippen LogP contribution < -0.4 is 5.32 Å². The highest BCUT2D eigenvalue weighted by Crippen LogP contribution is 2.28. The number of anilines is 2. The number of benzene rings is 1. The van der Waals surface area contributed by atoms with Crippen molar-refractivity contribution >= 4 is 61.3 Å². The van der Waals surface area contributed by atoms with Crippen LogP contribution in [0.4, 0.5) is 10.8 Å². The van der Waals surface area contributed by atoms with Gasteiger partial charge in [0.25, 0.3) is 0 Å². The minimum Gasteiger partial charge on any atom is -0.330 e. The second-order valence-electron chi connectivity index (χ2n) is 2.61. The second-order valence-corrected chi connectivity index (χ2v) is 5.68. The molecule has 0 aliphatic heterocycles. The Morgan fingerprint density at radius 2 is 2.00 bits per heavy atom. The van der Waals surface area contributed by atoms with E-state index in [4.69, 9.17) is 23.2 Å². The van der Waals surface area contributed by atoms with Gasteiger partial charge in [-0.05, 0) is 34.1 Å². The zero-order valence-corrected chi connectivity index (χ0v) is 11.1. The monoisotopic (exact) mass is 323 g/mol. The third-order valence-corrected chi connectivity index (χ3v) is 3.58. The molecular formula is C8H4BrCl2N3S. The normalized spacial score (nSPS) is 10.3. The summed E-state index contributed by atoms with van der Waals surface area (Å²) in [6.07, 6.45) is 0. The Balaban J connectivity index is 2.21. The van der Waals surface area contributed by atoms with Crippen LogP contribution in [0.2, 0.25) is 10.0 Å². The molecule has 1 aromatic heterocycles. The second kappa shape index (κ2) is 4.65. The van der Waals surface area contributed by atoms with E-state index in [-0.39, 0.29) is 0 Å². The number of nitrogens with one attached hydrogen (secondary N) is 1. The molecule has 0 amide bonds. The summed E-state index contributed by atoms with van der Waals surface area (Å²) in [6, 6.07) is 5.28. The summed E-state index contributed by atoms with van der Waals surface area (Å²) in [7, 11) is 0. The van der Waals surface area contributed by atoms with Crippen molar-refractivity contribution in [3.8, 4) is 0 Å². The highest BCUT2D eigenvalue weighted by Gasteiger charge is 2.03. The minimum atomic E-state index is 0.505. The van der Waals surface area contributed by atoms with Gasteiger partial charge in [0.15, 0.2) is 3.92 Å². The fourth-order valence-corrected chi connectivity index (χ4v) is 2.28. The van der Waals surface area contributed by atoms with E-state index in [2.05, 4.69) is 31.4 Å². The molecule has 7 heteroatoms. The molecule has 0 radical (unpaired) electrons. The van der Waals surface area contributed by atoms with Gasteiger partial charge in [0.1, 0.15) is 0 Å². The Bertz CT molecular complexity index is 488. The molecule has 0 aliphatic rings. The molecule has 0 saturated carbocycles. The Hall–Kier alpha value is -0.360. The van der Waals surface area contributed by atoms with Gasteiger partial charge >= 0.3 is 0 Å². The molecule has 3 nitrogen and oxygen atoms in total. The number of nitrogens with zero attached hydrogens (tertiary/aromatic N) is 2. The van der Waals surface area contributed by atoms with Crippen molar-refractivity contribution in [1.29, 1.82) is 0 Å². The lowest BCUT2D eigenvalue weighted by Crippen LogP contribution is -1.89. The van der Waals surface area contributed by atoms with Crippen LogP contribution >= 0.6 is 50.5 Å². The first-order chi connectivity index (χ1) is 7.15. The van der Waals surface area contributed by atoms with Gasteiger partial charge in [-0.25, -0.2) is 0 Å². The van der Waals surface area contributed by atoms with Gasteiger partial charge in [-0.3, -0.25) is 0 Å². The third kappa shape index (κ3) is 2.81. The SMILES string of the molecule is Clc1ccc(Nc2nnc(Br)s2)cc1Cl. The maximum Gasteiger partial charge on any atom is 0.210 e. The lowest BCUT2D eigenvalue weighted by atomic mass is 10.3. The molecule has 0 saturated heterocycles. The van der Waals surface area contributed by atoms with Crippen molar-refractivity contribution in [2.75, 3.05) is 5.32 Å². The lowest BCUT2D eigenvalue weighted by molar-refractivity contribution is 1.07. The molecule has 2 rings (SSSR count). The van der Waals surface area contributed by atoms with Crippen molar-refractivity contribution in [1.82, 2.24) is 10.2 Å². The molecule has 1 heterocycles. The van der Waals surface area contributed by atoms with Crippen LogP contribution in [0.3, 0.4) is 0 Å². The van der Waals surface area contributed by atoms with E-state index in [1.165, 1.54) is 11.3 Å². The number of aromatic nitrogens is 2. The van der Waals surface area contributed by atoms with Gasteiger partial charge in [0.05, 0.1) is 10.0 Å². The van der Waals surface area contributed by atoms with Crippen LogP contribution in [0.1, 0.15) is 0 Å². The van der Waals surface area contributed by atoms with Gasteiger partial charge in [0.2, 0.25) is 5.13 Å². The van der Waals surface area contributed by atoms with E-state index in [1.807, 2.05) is 6.07 Å². The standard InChI is InChI=1S/C8H4BrCl2N3S/c9-7-13-14-8(15-7)12-4-1-2-5(10)6(11)3-4/h1-3H,(H,12,14). The summed E-state index contributed by atoms with van der Waals surface area (Å²) in [4.78, 5) is 0. The van der Waals surface area contributed by atoms with E-state index in [1.54, 1.807) is 12.1 Å². The first-order valence-corrected chi connectivity index (χ1v) is 6.23. The molecule has 2 aromatic rings. The molecule has 0 bridgehead atoms. The molecular weight excluding hydrogens is 321 g/mol. The van der Waals surface area contributed by atoms with Crippen LogP contribution in [0, 0.1) is 0 Å². The van der Waals surface area contributed by atoms with Crippen molar-refractivity contribution in [3.05, 3.63) is 32.2 Å². The van der Waals surface area contributed by atoms with Crippen LogP contribution in [0.5, 0.6) is 0 Å². The van der Waals surface area contributed by atoms with E-state index in [9.17, 15) is 0 Å². The van der Waals surface area contributed by atoms with Crippen molar-refractivity contribution in [3.63, 3.8) is 0 Å². The Kier molecular flexibility index (Phi) is 3.45. The van der Waals surface area contributed by atoms with E-state index in [0.717, 1.165) is 9.60 Å². The van der Waals surface area contributed by atoms with Crippen molar-refractivity contribution in [2.45, 2.75) is 0 Å². The van der Waals surface area contributed by atoms with E-state index in [0.29, 0.717) is 15.2 Å². The minimum absolute atomic E-state index is 0.505. The number of hydrogen-bond acceptors (Lipinski definition) is 4. The molecule has 0 fully saturated rings. The molecule has 0 aliphatic carbocycles. The first-order valence-electron chi connectivity index (χ1n) is 3.86. The largest absolute Gasteiger partial charge is 0.330 e. The summed E-state index contributed by atoms with van der Waals surface area (Å²) in [5.74, 6) is 0. The number of rotatable bonds is 2. The summed E-state index contributed by atoms with van der Waals surface area (Å²) in [6.45, 7) is 0. The van der Waals surface area contributed by atoms with Crippen LogP contribution in [0.25, 0.3) is 0 Å². The van der Waals surface area contributed by atoms with Crippen LogP contribution in [-0.2, 0) is 0 Å². The van der Waals surface area contributed by atoms with Gasteiger partial charge in [-0.1, -0.05) is 34.5 Å². The molecule has 15 heavy (non-hydrogen) atoms. The first kappa shape index (κ1) is 11.1. The zero-order valence-electron chi connectivity index (χ0n) is 7.17. The smallest absolute Gasteiger partial charge is 0.210 e. The molecule has 78 valence electrons. The molecule has 0 unspecified atom stereocenters. The van der Waals surface area contributed by atoms with E-state index >= 15 is 0 Å². The highest BCUT2D eigenvalue weighted by atomic mass is 79.9. The maximum absolute atomic E-state index is 5.87. The number of hydrogen-bond donors (Lipinski definition) is 1. The quantitative estimate of drug-likeness (QED) is 0.892. The average Bonchev–Trinajstić information content (AvgIpc) is 2.58. The predicted octanol–water partition coefficient (Wildman–Crippen LogP) is 4.35. The maximum atomic E-state index is 5.87. The molecule has 1 N–H and O–H groups in total. The van der Waals surface area contributed by atoms with Gasteiger partial charge in [-0.2, -0.15) is 0 Å². The summed E-state index contributed by atoms with van der Waals surface area (Å²) < 4.78 is 0.727. The van der Waals surface area contributed by atoms with E-state index < -0.39 is 0 Å². The Morgan fingerprint density at radius 3 is 2.60 bits per heavy atom. The fraction of sp³-hybridized carbons (Fsp3) is 0. The third-order valence-electron chi connectivity index (χ3n) is 1.57. The van der Waals surface area contributed by atoms with Crippen LogP contribution in [0.15, 0.2) is 22.1 Å². The molecule has 0 atom stereocenters. The van der Waals surface area contributed by atoms with Crippen LogP contribution in [-0.4, -0.2) is 10.2 Å². The van der Waals surface area contributed by atoms with Gasteiger partial charge in [0, 0.05) is 5.69 Å². The van der Waals surface area contributed by atoms with Gasteiger partial charge in [-0.15, -0.1) is 10.2 Å². The average molecular weight is 325 g/mol. The predicted molar refractivity (Wildman–Crippen MR) is 67.4 cm³/mol. The summed E-state index contributed by atoms with van der Waals surface area (Å²) in [5.41, 5.74) is 0.827.